The van der Waals surface area contributed by atoms with Crippen LogP contribution in [0, 0.1) is 6.92 Å². The van der Waals surface area contributed by atoms with E-state index in [1.165, 1.54) is 0 Å². The van der Waals surface area contributed by atoms with Crippen molar-refractivity contribution >= 4 is 33.9 Å². The quantitative estimate of drug-likeness (QED) is 0.422. The van der Waals surface area contributed by atoms with E-state index in [9.17, 15) is 9.59 Å². The molecule has 1 aliphatic carbocycles. The maximum absolute atomic E-state index is 13.6. The summed E-state index contributed by atoms with van der Waals surface area (Å²) in [5.41, 5.74) is 2.24. The SMILES string of the molecule is Cc1cccc(C(=O)NC[C@@H]2CCCCN2C(=O)c2c[s+](-c3cccc(Cl)c3)c(C3CC3)n2)c1. The second-order valence-corrected chi connectivity index (χ2v) is 11.5. The van der Waals surface area contributed by atoms with Gasteiger partial charge in [-0.2, -0.15) is 4.98 Å². The lowest BCUT2D eigenvalue weighted by Crippen LogP contribution is -2.49. The zero-order valence-electron chi connectivity index (χ0n) is 19.3. The molecule has 0 radical (unpaired) electrons. The maximum atomic E-state index is 13.6. The van der Waals surface area contributed by atoms with E-state index >= 15 is 0 Å². The molecule has 5 nitrogen and oxygen atoms in total. The first-order chi connectivity index (χ1) is 16.5. The summed E-state index contributed by atoms with van der Waals surface area (Å²) >= 11 is 6.25. The Hall–Kier alpha value is -2.70. The van der Waals surface area contributed by atoms with Gasteiger partial charge in [-0.05, 0) is 63.3 Å². The Morgan fingerprint density at radius 3 is 2.71 bits per heavy atom. The number of hydrogen-bond donors (Lipinski definition) is 1. The van der Waals surface area contributed by atoms with Crippen LogP contribution in [0.25, 0.3) is 4.90 Å². The number of likely N-dealkylation sites (tertiary alicyclic amines) is 1. The number of benzene rings is 2. The predicted molar refractivity (Wildman–Crippen MR) is 137 cm³/mol. The molecule has 2 aliphatic rings. The highest BCUT2D eigenvalue weighted by atomic mass is 35.5. The van der Waals surface area contributed by atoms with Gasteiger partial charge in [0.15, 0.2) is 16.0 Å². The second-order valence-electron chi connectivity index (χ2n) is 9.25. The van der Waals surface area contributed by atoms with Crippen LogP contribution in [0.3, 0.4) is 0 Å². The zero-order chi connectivity index (χ0) is 23.7. The molecule has 1 saturated carbocycles. The van der Waals surface area contributed by atoms with Gasteiger partial charge in [0, 0.05) is 46.3 Å². The molecule has 3 aromatic rings. The first-order valence-corrected chi connectivity index (χ1v) is 13.6. The number of amides is 2. The van der Waals surface area contributed by atoms with Gasteiger partial charge >= 0.3 is 0 Å². The lowest BCUT2D eigenvalue weighted by Gasteiger charge is -2.35. The number of hydrogen-bond acceptors (Lipinski definition) is 3. The van der Waals surface area contributed by atoms with Gasteiger partial charge in [0.05, 0.1) is 5.92 Å². The Labute approximate surface area is 208 Å². The molecule has 2 amide bonds. The van der Waals surface area contributed by atoms with Crippen LogP contribution in [0.5, 0.6) is 0 Å². The maximum Gasteiger partial charge on any atom is 0.277 e. The molecule has 34 heavy (non-hydrogen) atoms. The summed E-state index contributed by atoms with van der Waals surface area (Å²) < 4.78 is 0. The molecule has 2 aromatic carbocycles. The summed E-state index contributed by atoms with van der Waals surface area (Å²) in [5.74, 6) is 0.345. The molecule has 1 N–H and O–H groups in total. The number of aryl methyl sites for hydroxylation is 1. The summed E-state index contributed by atoms with van der Waals surface area (Å²) in [6.07, 6.45) is 5.18. The topological polar surface area (TPSA) is 62.3 Å². The monoisotopic (exact) mass is 494 g/mol. The molecular formula is C27H29ClN3O2S+. The van der Waals surface area contributed by atoms with Crippen LogP contribution in [0.15, 0.2) is 53.9 Å². The molecule has 1 unspecified atom stereocenters. The predicted octanol–water partition coefficient (Wildman–Crippen LogP) is 6.08. The number of thiazole rings is 1. The average molecular weight is 495 g/mol. The van der Waals surface area contributed by atoms with Gasteiger partial charge in [0.25, 0.3) is 16.8 Å². The molecule has 0 spiro atoms. The molecule has 5 rings (SSSR count). The first kappa shape index (κ1) is 23.1. The minimum atomic E-state index is -0.325. The third kappa shape index (κ3) is 5.03. The Balaban J connectivity index is 1.34. The molecule has 1 saturated heterocycles. The van der Waals surface area contributed by atoms with E-state index in [0.29, 0.717) is 35.3 Å². The van der Waals surface area contributed by atoms with Crippen molar-refractivity contribution in [2.45, 2.75) is 51.0 Å². The van der Waals surface area contributed by atoms with Crippen molar-refractivity contribution in [3.05, 3.63) is 80.8 Å². The summed E-state index contributed by atoms with van der Waals surface area (Å²) in [7, 11) is -0.325. The fourth-order valence-electron chi connectivity index (χ4n) is 4.58. The standard InChI is InChI=1S/C27H28ClN3O2S/c1-18-6-4-7-20(14-18)25(32)29-16-22-9-2-3-13-31(22)27(33)24-17-34(26(30-24)19-11-12-19)23-10-5-8-21(28)15-23/h4-8,10,14-15,17,19,22H,2-3,9,11-13,16H2,1H3/p+1/t22-,34?/m0/s1. The van der Waals surface area contributed by atoms with E-state index in [1.54, 1.807) is 0 Å². The highest BCUT2D eigenvalue weighted by Crippen LogP contribution is 2.49. The number of piperidine rings is 1. The van der Waals surface area contributed by atoms with Gasteiger partial charge in [-0.3, -0.25) is 9.59 Å². The normalized spacial score (nSPS) is 18.6. The largest absolute Gasteiger partial charge is 0.350 e. The van der Waals surface area contributed by atoms with Crippen molar-refractivity contribution in [3.63, 3.8) is 0 Å². The highest BCUT2D eigenvalue weighted by molar-refractivity contribution is 7.38. The van der Waals surface area contributed by atoms with Crippen molar-refractivity contribution in [1.29, 1.82) is 0 Å². The zero-order valence-corrected chi connectivity index (χ0v) is 20.9. The Bertz CT molecular complexity index is 1220. The van der Waals surface area contributed by atoms with Gasteiger partial charge in [0.2, 0.25) is 0 Å². The molecule has 1 aromatic heterocycles. The van der Waals surface area contributed by atoms with Gasteiger partial charge in [-0.1, -0.05) is 35.4 Å². The van der Waals surface area contributed by atoms with E-state index in [0.717, 1.165) is 47.6 Å². The van der Waals surface area contributed by atoms with Crippen LogP contribution >= 0.6 is 22.1 Å². The summed E-state index contributed by atoms with van der Waals surface area (Å²) in [6.45, 7) is 3.12. The van der Waals surface area contributed by atoms with Gasteiger partial charge in [-0.25, -0.2) is 0 Å². The van der Waals surface area contributed by atoms with Gasteiger partial charge < -0.3 is 10.2 Å². The van der Waals surface area contributed by atoms with Crippen molar-refractivity contribution < 1.29 is 9.59 Å². The van der Waals surface area contributed by atoms with Crippen LogP contribution in [0.4, 0.5) is 0 Å². The van der Waals surface area contributed by atoms with E-state index < -0.39 is 0 Å². The molecule has 0 bridgehead atoms. The van der Waals surface area contributed by atoms with Crippen molar-refractivity contribution in [1.82, 2.24) is 15.2 Å². The lowest BCUT2D eigenvalue weighted by atomic mass is 10.0. The number of nitrogens with zero attached hydrogens (tertiary/aromatic N) is 2. The van der Waals surface area contributed by atoms with E-state index in [1.807, 2.05) is 59.7 Å². The van der Waals surface area contributed by atoms with E-state index in [-0.39, 0.29) is 28.3 Å². The second kappa shape index (κ2) is 9.88. The third-order valence-electron chi connectivity index (χ3n) is 6.55. The third-order valence-corrected chi connectivity index (χ3v) is 8.88. The van der Waals surface area contributed by atoms with Crippen LogP contribution < -0.4 is 5.32 Å². The van der Waals surface area contributed by atoms with Crippen molar-refractivity contribution in [3.8, 4) is 4.90 Å². The number of carbonyl (C=O) groups is 2. The molecule has 1 aliphatic heterocycles. The van der Waals surface area contributed by atoms with Gasteiger partial charge in [-0.15, -0.1) is 0 Å². The molecule has 2 atom stereocenters. The molecule has 2 fully saturated rings. The van der Waals surface area contributed by atoms with Crippen molar-refractivity contribution in [2.75, 3.05) is 13.1 Å². The number of halogens is 1. The van der Waals surface area contributed by atoms with Crippen LogP contribution in [-0.4, -0.2) is 40.8 Å². The molecule has 176 valence electrons. The smallest absolute Gasteiger partial charge is 0.277 e. The van der Waals surface area contributed by atoms with E-state index in [2.05, 4.69) is 11.4 Å². The summed E-state index contributed by atoms with van der Waals surface area (Å²) in [5, 5.41) is 6.91. The number of nitrogens with one attached hydrogen (secondary N) is 1. The average Bonchev–Trinajstić information content (AvgIpc) is 3.60. The van der Waals surface area contributed by atoms with Crippen LogP contribution in [0.1, 0.15) is 69.4 Å². The minimum absolute atomic E-state index is 0.0234. The fraction of sp³-hybridized carbons (Fsp3) is 0.370. The number of rotatable bonds is 6. The van der Waals surface area contributed by atoms with E-state index in [4.69, 9.17) is 16.6 Å². The molecular weight excluding hydrogens is 466 g/mol. The Morgan fingerprint density at radius 2 is 1.94 bits per heavy atom. The van der Waals surface area contributed by atoms with Gasteiger partial charge in [0.1, 0.15) is 0 Å². The Kier molecular flexibility index (Phi) is 6.70. The number of aromatic nitrogens is 1. The highest BCUT2D eigenvalue weighted by Gasteiger charge is 2.39. The number of carbonyl (C=O) groups excluding carboxylic acids is 2. The summed E-state index contributed by atoms with van der Waals surface area (Å²) in [6, 6.07) is 15.4. The lowest BCUT2D eigenvalue weighted by molar-refractivity contribution is 0.0597. The minimum Gasteiger partial charge on any atom is -0.350 e. The fourth-order valence-corrected chi connectivity index (χ4v) is 6.99. The van der Waals surface area contributed by atoms with Crippen molar-refractivity contribution in [2.24, 2.45) is 0 Å². The van der Waals surface area contributed by atoms with Crippen LogP contribution in [0.2, 0.25) is 5.02 Å². The molecule has 7 heteroatoms. The van der Waals surface area contributed by atoms with Crippen LogP contribution in [-0.2, 0) is 0 Å². The first-order valence-electron chi connectivity index (χ1n) is 11.9. The summed E-state index contributed by atoms with van der Waals surface area (Å²) in [4.78, 5) is 34.2. The molecule has 2 heterocycles. The Morgan fingerprint density at radius 1 is 1.12 bits per heavy atom.